The summed E-state index contributed by atoms with van der Waals surface area (Å²) in [5, 5.41) is 15.3. The molecule has 0 saturated carbocycles. The Balaban J connectivity index is 1.26. The highest BCUT2D eigenvalue weighted by atomic mass is 35.6. The zero-order chi connectivity index (χ0) is 49.5. The van der Waals surface area contributed by atoms with E-state index in [0.29, 0.717) is 4.90 Å². The number of aliphatic hydroxyl groups is 1. The Morgan fingerprint density at radius 1 is 0.657 bits per heavy atom. The van der Waals surface area contributed by atoms with E-state index in [2.05, 4.69) is 5.32 Å². The van der Waals surface area contributed by atoms with Crippen LogP contribution < -0.4 is 5.32 Å². The average Bonchev–Trinajstić information content (AvgIpc) is 3.36. The van der Waals surface area contributed by atoms with E-state index in [0.717, 1.165) is 22.3 Å². The van der Waals surface area contributed by atoms with E-state index in [9.17, 15) is 19.5 Å². The number of thioether (sulfide) groups is 1. The van der Waals surface area contributed by atoms with Gasteiger partial charge in [0.2, 0.25) is 3.79 Å². The number of hydrogen-bond donors (Lipinski definition) is 2. The number of nitrogens with one attached hydrogen (secondary N) is 1. The first-order valence-electron chi connectivity index (χ1n) is 22.5. The fourth-order valence-electron chi connectivity index (χ4n) is 7.75. The summed E-state index contributed by atoms with van der Waals surface area (Å²) >= 11 is 18.9. The Hall–Kier alpha value is -4.75. The van der Waals surface area contributed by atoms with Gasteiger partial charge in [-0.15, -0.1) is 0 Å². The molecule has 18 heteroatoms. The molecule has 0 spiro atoms. The number of alkyl carbamates (subject to hydrolysis) is 1. The van der Waals surface area contributed by atoms with Crippen molar-refractivity contribution in [3.05, 3.63) is 173 Å². The van der Waals surface area contributed by atoms with Gasteiger partial charge in [-0.05, 0) is 47.9 Å². The van der Waals surface area contributed by atoms with E-state index in [4.69, 9.17) is 77.4 Å². The van der Waals surface area contributed by atoms with Crippen molar-refractivity contribution in [3.8, 4) is 0 Å². The highest BCUT2D eigenvalue weighted by Crippen LogP contribution is 2.38. The number of aryl methyl sites for hydroxylation is 1. The number of benzene rings is 5. The van der Waals surface area contributed by atoms with Crippen LogP contribution >= 0.6 is 46.6 Å². The molecular weight excluding hydrogens is 985 g/mol. The maximum absolute atomic E-state index is 13.5. The number of hydrogen-bond acceptors (Lipinski definition) is 14. The predicted octanol–water partition coefficient (Wildman–Crippen LogP) is 8.92. The largest absolute Gasteiger partial charge is 0.459 e. The minimum Gasteiger partial charge on any atom is -0.459 e. The summed E-state index contributed by atoms with van der Waals surface area (Å²) in [6, 6.07) is 43.0. The number of aliphatic hydroxyl groups excluding tert-OH is 1. The van der Waals surface area contributed by atoms with Gasteiger partial charge in [0.05, 0.1) is 38.0 Å². The summed E-state index contributed by atoms with van der Waals surface area (Å²) in [4.78, 5) is 40.8. The van der Waals surface area contributed by atoms with Crippen molar-refractivity contribution >= 4 is 64.6 Å². The molecule has 2 N–H and O–H groups in total. The lowest BCUT2D eigenvalue weighted by molar-refractivity contribution is -0.345. The Morgan fingerprint density at radius 2 is 1.20 bits per heavy atom. The third-order valence-corrected chi connectivity index (χ3v) is 12.6. The molecule has 2 heterocycles. The number of amides is 1. The maximum Gasteiger partial charge on any atom is 0.407 e. The lowest BCUT2D eigenvalue weighted by atomic mass is 9.95. The van der Waals surface area contributed by atoms with E-state index >= 15 is 0 Å². The third-order valence-electron chi connectivity index (χ3n) is 11.1. The van der Waals surface area contributed by atoms with Crippen molar-refractivity contribution in [1.82, 2.24) is 5.32 Å². The number of halogens is 3. The quantitative estimate of drug-likeness (QED) is 0.0431. The second-order valence-electron chi connectivity index (χ2n) is 16.5. The molecule has 2 aliphatic heterocycles. The lowest BCUT2D eigenvalue weighted by Crippen LogP contribution is -2.67. The van der Waals surface area contributed by atoms with Gasteiger partial charge in [-0.25, -0.2) is 9.59 Å². The zero-order valence-corrected chi connectivity index (χ0v) is 41.3. The molecule has 70 heavy (non-hydrogen) atoms. The summed E-state index contributed by atoms with van der Waals surface area (Å²) in [7, 11) is 0. The number of esters is 2. The molecule has 2 aliphatic rings. The highest BCUT2D eigenvalue weighted by Gasteiger charge is 2.55. The summed E-state index contributed by atoms with van der Waals surface area (Å²) < 4.78 is 55.2. The number of alkyl halides is 3. The molecule has 0 unspecified atom stereocenters. The summed E-state index contributed by atoms with van der Waals surface area (Å²) in [6.07, 6.45) is -11.3. The van der Waals surface area contributed by atoms with Crippen LogP contribution in [0, 0.1) is 6.92 Å². The van der Waals surface area contributed by atoms with Gasteiger partial charge in [0.25, 0.3) is 0 Å². The first-order valence-corrected chi connectivity index (χ1v) is 24.5. The molecule has 5 aromatic carbocycles. The number of rotatable bonds is 20. The molecule has 0 bridgehead atoms. The van der Waals surface area contributed by atoms with Gasteiger partial charge in [-0.2, -0.15) is 0 Å². The normalized spacial score (nSPS) is 24.5. The zero-order valence-electron chi connectivity index (χ0n) is 38.3. The van der Waals surface area contributed by atoms with Crippen molar-refractivity contribution < 1.29 is 62.1 Å². The van der Waals surface area contributed by atoms with Gasteiger partial charge in [-0.1, -0.05) is 173 Å². The molecule has 10 atom stereocenters. The fourth-order valence-corrected chi connectivity index (χ4v) is 9.05. The molecule has 2 saturated heterocycles. The van der Waals surface area contributed by atoms with Crippen LogP contribution in [0.2, 0.25) is 0 Å². The van der Waals surface area contributed by atoms with Crippen LogP contribution in [0.25, 0.3) is 0 Å². The Morgan fingerprint density at radius 3 is 1.77 bits per heavy atom. The minimum atomic E-state index is -1.94. The van der Waals surface area contributed by atoms with Gasteiger partial charge in [0.1, 0.15) is 55.3 Å². The number of carbonyl (C=O) groups excluding carboxylic acids is 3. The molecule has 7 rings (SSSR count). The molecule has 2 fully saturated rings. The van der Waals surface area contributed by atoms with Gasteiger partial charge >= 0.3 is 18.0 Å². The Bertz CT molecular complexity index is 2390. The van der Waals surface area contributed by atoms with Gasteiger partial charge in [0, 0.05) is 11.8 Å². The monoisotopic (exact) mass is 1040 g/mol. The van der Waals surface area contributed by atoms with E-state index in [1.165, 1.54) is 18.7 Å². The molecule has 5 aromatic rings. The van der Waals surface area contributed by atoms with Crippen molar-refractivity contribution in [2.75, 3.05) is 19.8 Å². The molecular formula is C52H54Cl3NO13S. The average molecular weight is 1040 g/mol. The van der Waals surface area contributed by atoms with Crippen LogP contribution in [0.4, 0.5) is 4.79 Å². The summed E-state index contributed by atoms with van der Waals surface area (Å²) in [5.41, 5.74) is 2.77. The molecule has 0 aromatic heterocycles. The minimum absolute atomic E-state index is 0.0530. The number of carbonyl (C=O) groups is 3. The maximum atomic E-state index is 13.5. The molecule has 372 valence electrons. The van der Waals surface area contributed by atoms with Gasteiger partial charge < -0.3 is 53.1 Å². The SMILES string of the molecule is CC(=O)O[C@H]1[C@H](O[C@H]2[C@H](O)[C@@H](NC(=O)OCC(Cl)(Cl)Cl)[C@H](Sc3ccc(C)cc3)O[C@@H]2COC(=O)c2ccccc2)O[C@H](COCc2ccccc2)[C@H](OCc2ccccc2)[C@@H]1OCc1ccccc1. The molecule has 14 nitrogen and oxygen atoms in total. The molecule has 1 amide bonds. The van der Waals surface area contributed by atoms with Crippen LogP contribution in [0.3, 0.4) is 0 Å². The third kappa shape index (κ3) is 15.9. The predicted molar refractivity (Wildman–Crippen MR) is 262 cm³/mol. The van der Waals surface area contributed by atoms with E-state index in [-0.39, 0.29) is 32.0 Å². The van der Waals surface area contributed by atoms with Crippen molar-refractivity contribution in [2.24, 2.45) is 0 Å². The van der Waals surface area contributed by atoms with Crippen LogP contribution in [0.1, 0.15) is 39.5 Å². The summed E-state index contributed by atoms with van der Waals surface area (Å²) in [5.74, 6) is -1.37. The second-order valence-corrected chi connectivity index (χ2v) is 20.2. The van der Waals surface area contributed by atoms with Gasteiger partial charge in [-0.3, -0.25) is 4.79 Å². The Kier molecular flexibility index (Phi) is 19.8. The van der Waals surface area contributed by atoms with E-state index in [1.807, 2.05) is 122 Å². The van der Waals surface area contributed by atoms with Crippen molar-refractivity contribution in [1.29, 1.82) is 0 Å². The van der Waals surface area contributed by atoms with Crippen LogP contribution in [-0.2, 0) is 67.2 Å². The molecule has 0 aliphatic carbocycles. The smallest absolute Gasteiger partial charge is 0.407 e. The van der Waals surface area contributed by atoms with Crippen LogP contribution in [-0.4, -0.2) is 107 Å². The van der Waals surface area contributed by atoms with E-state index in [1.54, 1.807) is 30.3 Å². The topological polar surface area (TPSA) is 167 Å². The highest BCUT2D eigenvalue weighted by molar-refractivity contribution is 7.99. The standard InChI is InChI=1S/C52H54Cl3NO13S/c1-33-23-25-39(26-24-33)70-50-42(56-51(60)65-32-52(53,54)55)43(58)44(41(68-50)31-64-48(59)38-21-13-6-14-22-38)69-49-47(66-34(2)57)46(63-29-37-19-11-5-12-20-37)45(62-28-36-17-9-4-10-18-36)40(67-49)30-61-27-35-15-7-3-8-16-35/h3-26,40-47,49-50,58H,27-32H2,1-2H3,(H,56,60)/t40-,41-,42-,43-,44-,45+,46+,47-,49+,50+/m1/s1. The van der Waals surface area contributed by atoms with Crippen molar-refractivity contribution in [3.63, 3.8) is 0 Å². The van der Waals surface area contributed by atoms with Gasteiger partial charge in [0.15, 0.2) is 12.4 Å². The molecule has 0 radical (unpaired) electrons. The number of ether oxygens (including phenoxy) is 9. The fraction of sp³-hybridized carbons (Fsp3) is 0.365. The Labute approximate surface area is 426 Å². The van der Waals surface area contributed by atoms with E-state index < -0.39 is 95.5 Å². The first-order chi connectivity index (χ1) is 33.8. The lowest BCUT2D eigenvalue weighted by Gasteiger charge is -2.49. The summed E-state index contributed by atoms with van der Waals surface area (Å²) in [6.45, 7) is 2.45. The second kappa shape index (κ2) is 26.1. The van der Waals surface area contributed by atoms with Crippen LogP contribution in [0.5, 0.6) is 0 Å². The van der Waals surface area contributed by atoms with Crippen LogP contribution in [0.15, 0.2) is 150 Å². The van der Waals surface area contributed by atoms with Crippen molar-refractivity contribution in [2.45, 2.75) is 103 Å². The first kappa shape index (κ1) is 53.1.